The minimum atomic E-state index is -1.08. The quantitative estimate of drug-likeness (QED) is 0.412. The molecule has 4 nitrogen and oxygen atoms in total. The van der Waals surface area contributed by atoms with Crippen molar-refractivity contribution in [2.24, 2.45) is 11.3 Å². The fourth-order valence-electron chi connectivity index (χ4n) is 3.01. The van der Waals surface area contributed by atoms with Gasteiger partial charge in [0.2, 0.25) is 0 Å². The predicted molar refractivity (Wildman–Crippen MR) is 89.7 cm³/mol. The molecule has 1 aliphatic carbocycles. The molecular weight excluding hydrogens is 359 g/mol. The number of carbonyl (C=O) groups is 2. The van der Waals surface area contributed by atoms with Gasteiger partial charge in [-0.3, -0.25) is 0 Å². The van der Waals surface area contributed by atoms with Gasteiger partial charge in [0.1, 0.15) is 0 Å². The van der Waals surface area contributed by atoms with Gasteiger partial charge in [-0.15, -0.1) is 0 Å². The topological polar surface area (TPSA) is 52.6 Å². The van der Waals surface area contributed by atoms with Crippen molar-refractivity contribution < 1.29 is 19.1 Å². The number of benzene rings is 1. The summed E-state index contributed by atoms with van der Waals surface area (Å²) in [5, 5.41) is 1.04. The van der Waals surface area contributed by atoms with E-state index < -0.39 is 17.4 Å². The van der Waals surface area contributed by atoms with Gasteiger partial charge in [-0.2, -0.15) is 0 Å². The Morgan fingerprint density at radius 1 is 1.13 bits per heavy atom. The van der Waals surface area contributed by atoms with E-state index in [-0.39, 0.29) is 0 Å². The monoisotopic (exact) mass is 384 g/mol. The van der Waals surface area contributed by atoms with Gasteiger partial charge in [0.05, 0.1) is 0 Å². The molecule has 0 spiro atoms. The zero-order valence-corrected chi connectivity index (χ0v) is 15.5. The first-order valence-corrected chi connectivity index (χ1v) is 10.2. The summed E-state index contributed by atoms with van der Waals surface area (Å²) in [7, 11) is 0. The SMILES string of the molecule is CCOC(=O)C1(C(=O)OCC)CCC(C[Se]c2ccccc2)C1. The number of ether oxygens (including phenoxy) is 2. The number of hydrogen-bond acceptors (Lipinski definition) is 4. The maximum absolute atomic E-state index is 12.4. The first-order chi connectivity index (χ1) is 11.1. The molecule has 2 rings (SSSR count). The predicted octanol–water partition coefficient (Wildman–Crippen LogP) is 2.35. The summed E-state index contributed by atoms with van der Waals surface area (Å²) in [4.78, 5) is 24.8. The standard InChI is InChI=1S/C18H24O4Se/c1-3-21-16(19)18(17(20)22-4-2)11-10-14(12-18)13-23-15-8-6-5-7-9-15/h5-9,14H,3-4,10-13H2,1-2H3. The molecule has 1 atom stereocenters. The van der Waals surface area contributed by atoms with E-state index in [0.717, 1.165) is 11.7 Å². The van der Waals surface area contributed by atoms with Crippen LogP contribution < -0.4 is 4.46 Å². The summed E-state index contributed by atoms with van der Waals surface area (Å²) in [6, 6.07) is 10.4. The second kappa shape index (κ2) is 8.51. The van der Waals surface area contributed by atoms with E-state index in [2.05, 4.69) is 12.1 Å². The van der Waals surface area contributed by atoms with Crippen molar-refractivity contribution in [3.05, 3.63) is 30.3 Å². The maximum atomic E-state index is 12.4. The molecule has 1 saturated carbocycles. The molecule has 0 aliphatic heterocycles. The fraction of sp³-hybridized carbons (Fsp3) is 0.556. The Bertz CT molecular complexity index is 511. The Hall–Kier alpha value is -1.32. The van der Waals surface area contributed by atoms with Crippen LogP contribution in [-0.2, 0) is 19.1 Å². The molecule has 126 valence electrons. The van der Waals surface area contributed by atoms with Crippen molar-refractivity contribution in [1.82, 2.24) is 0 Å². The third-order valence-electron chi connectivity index (χ3n) is 4.18. The van der Waals surface area contributed by atoms with Crippen LogP contribution >= 0.6 is 0 Å². The van der Waals surface area contributed by atoms with Gasteiger partial charge in [-0.05, 0) is 0 Å². The minimum absolute atomic E-state index is 0.290. The van der Waals surface area contributed by atoms with Gasteiger partial charge in [-0.25, -0.2) is 0 Å². The van der Waals surface area contributed by atoms with Crippen molar-refractivity contribution in [3.8, 4) is 0 Å². The molecule has 0 radical (unpaired) electrons. The molecule has 0 amide bonds. The first kappa shape index (κ1) is 18.0. The van der Waals surface area contributed by atoms with Gasteiger partial charge < -0.3 is 0 Å². The van der Waals surface area contributed by atoms with Gasteiger partial charge >= 0.3 is 144 Å². The molecule has 0 N–H and O–H groups in total. The molecule has 1 unspecified atom stereocenters. The van der Waals surface area contributed by atoms with Crippen LogP contribution in [0.5, 0.6) is 0 Å². The van der Waals surface area contributed by atoms with Gasteiger partial charge in [0.15, 0.2) is 0 Å². The van der Waals surface area contributed by atoms with Crippen molar-refractivity contribution in [3.63, 3.8) is 0 Å². The zero-order valence-electron chi connectivity index (χ0n) is 13.7. The van der Waals surface area contributed by atoms with E-state index in [0.29, 0.717) is 46.9 Å². The van der Waals surface area contributed by atoms with Gasteiger partial charge in [0, 0.05) is 0 Å². The molecule has 0 aromatic heterocycles. The molecule has 1 fully saturated rings. The number of hydrogen-bond donors (Lipinski definition) is 0. The van der Waals surface area contributed by atoms with Gasteiger partial charge in [0.25, 0.3) is 0 Å². The van der Waals surface area contributed by atoms with Crippen LogP contribution in [0.15, 0.2) is 30.3 Å². The van der Waals surface area contributed by atoms with Crippen LogP contribution in [0.2, 0.25) is 5.32 Å². The molecule has 0 bridgehead atoms. The third kappa shape index (κ3) is 4.36. The van der Waals surface area contributed by atoms with Crippen molar-refractivity contribution in [2.75, 3.05) is 13.2 Å². The summed E-state index contributed by atoms with van der Waals surface area (Å²) in [6.45, 7) is 4.11. The van der Waals surface area contributed by atoms with Crippen molar-refractivity contribution >= 4 is 31.4 Å². The Kier molecular flexibility index (Phi) is 6.67. The average Bonchev–Trinajstić information content (AvgIpc) is 3.00. The van der Waals surface area contributed by atoms with E-state index in [1.165, 1.54) is 4.46 Å². The van der Waals surface area contributed by atoms with Crippen LogP contribution in [0.25, 0.3) is 0 Å². The number of esters is 2. The fourth-order valence-corrected chi connectivity index (χ4v) is 5.24. The molecule has 1 aromatic rings. The van der Waals surface area contributed by atoms with Gasteiger partial charge in [-0.1, -0.05) is 0 Å². The van der Waals surface area contributed by atoms with E-state index in [1.54, 1.807) is 13.8 Å². The van der Waals surface area contributed by atoms with Crippen LogP contribution in [0, 0.1) is 11.3 Å². The molecule has 5 heteroatoms. The summed E-state index contributed by atoms with van der Waals surface area (Å²) in [5.41, 5.74) is -1.08. The average molecular weight is 383 g/mol. The Balaban J connectivity index is 2.01. The van der Waals surface area contributed by atoms with Crippen LogP contribution in [0.1, 0.15) is 33.1 Å². The normalized spacial score (nSPS) is 19.3. The molecular formula is C18H24O4Se. The number of rotatable bonds is 7. The molecule has 23 heavy (non-hydrogen) atoms. The second-order valence-corrected chi connectivity index (χ2v) is 8.05. The van der Waals surface area contributed by atoms with Crippen molar-refractivity contribution in [1.29, 1.82) is 0 Å². The van der Waals surface area contributed by atoms with E-state index in [9.17, 15) is 9.59 Å². The van der Waals surface area contributed by atoms with Crippen LogP contribution in [0.3, 0.4) is 0 Å². The Morgan fingerprint density at radius 2 is 1.74 bits per heavy atom. The summed E-state index contributed by atoms with van der Waals surface area (Å²) in [6.07, 6.45) is 1.98. The van der Waals surface area contributed by atoms with Crippen LogP contribution in [0.4, 0.5) is 0 Å². The van der Waals surface area contributed by atoms with E-state index in [1.807, 2.05) is 18.2 Å². The van der Waals surface area contributed by atoms with E-state index >= 15 is 0 Å². The Labute approximate surface area is 144 Å². The molecule has 1 aliphatic rings. The first-order valence-electron chi connectivity index (χ1n) is 8.14. The van der Waals surface area contributed by atoms with E-state index in [4.69, 9.17) is 9.47 Å². The molecule has 0 saturated heterocycles. The summed E-state index contributed by atoms with van der Waals surface area (Å²) >= 11 is 0.366. The number of carbonyl (C=O) groups excluding carboxylic acids is 2. The van der Waals surface area contributed by atoms with Crippen molar-refractivity contribution in [2.45, 2.75) is 38.4 Å². The van der Waals surface area contributed by atoms with Crippen LogP contribution in [-0.4, -0.2) is 40.1 Å². The second-order valence-electron chi connectivity index (χ2n) is 5.76. The molecule has 1 aromatic carbocycles. The summed E-state index contributed by atoms with van der Waals surface area (Å²) < 4.78 is 11.7. The third-order valence-corrected chi connectivity index (χ3v) is 6.79. The molecule has 0 heterocycles. The zero-order chi connectivity index (χ0) is 16.7. The Morgan fingerprint density at radius 3 is 2.30 bits per heavy atom. The summed E-state index contributed by atoms with van der Waals surface area (Å²) in [5.74, 6) is -0.439.